The van der Waals surface area contributed by atoms with Gasteiger partial charge in [-0.15, -0.1) is 0 Å². The number of methoxy groups -OCH3 is 2. The summed E-state index contributed by atoms with van der Waals surface area (Å²) in [6, 6.07) is 12.3. The van der Waals surface area contributed by atoms with Crippen molar-refractivity contribution in [3.8, 4) is 22.9 Å². The number of ether oxygens (including phenoxy) is 2. The Morgan fingerprint density at radius 2 is 1.93 bits per heavy atom. The number of aromatic nitrogens is 3. The van der Waals surface area contributed by atoms with Crippen LogP contribution >= 0.6 is 0 Å². The number of benzene rings is 1. The molecule has 5 rings (SSSR count). The van der Waals surface area contributed by atoms with E-state index in [-0.39, 0.29) is 5.41 Å². The Morgan fingerprint density at radius 1 is 1.03 bits per heavy atom. The normalized spacial score (nSPS) is 20.9. The van der Waals surface area contributed by atoms with Gasteiger partial charge in [0.2, 0.25) is 5.88 Å². The van der Waals surface area contributed by atoms with Gasteiger partial charge in [-0.1, -0.05) is 18.2 Å². The van der Waals surface area contributed by atoms with Crippen LogP contribution in [-0.4, -0.2) is 46.7 Å². The van der Waals surface area contributed by atoms with Gasteiger partial charge in [-0.05, 0) is 31.2 Å². The smallest absolute Gasteiger partial charge is 0.217 e. The Kier molecular flexibility index (Phi) is 4.51. The van der Waals surface area contributed by atoms with Crippen molar-refractivity contribution >= 4 is 0 Å². The van der Waals surface area contributed by atoms with Crippen LogP contribution in [0.15, 0.2) is 48.8 Å². The lowest BCUT2D eigenvalue weighted by Gasteiger charge is -2.24. The van der Waals surface area contributed by atoms with Crippen molar-refractivity contribution in [1.82, 2.24) is 19.4 Å². The minimum absolute atomic E-state index is 0.260. The van der Waals surface area contributed by atoms with E-state index >= 15 is 0 Å². The molecule has 29 heavy (non-hydrogen) atoms. The summed E-state index contributed by atoms with van der Waals surface area (Å²) in [6.07, 6.45) is 5.99. The molecule has 3 aromatic rings. The lowest BCUT2D eigenvalue weighted by atomic mass is 9.86. The maximum atomic E-state index is 5.58. The minimum Gasteiger partial charge on any atom is -0.496 e. The molecule has 0 bridgehead atoms. The number of likely N-dealkylation sites (tertiary alicyclic amines) is 1. The van der Waals surface area contributed by atoms with Crippen LogP contribution in [0, 0.1) is 5.41 Å². The molecule has 1 saturated heterocycles. The molecular formula is C23H26N4O2. The van der Waals surface area contributed by atoms with Crippen molar-refractivity contribution in [3.63, 3.8) is 0 Å². The van der Waals surface area contributed by atoms with Crippen LogP contribution in [0.3, 0.4) is 0 Å². The summed E-state index contributed by atoms with van der Waals surface area (Å²) < 4.78 is 13.4. The third-order valence-corrected chi connectivity index (χ3v) is 6.30. The highest BCUT2D eigenvalue weighted by atomic mass is 16.5. The molecule has 150 valence electrons. The van der Waals surface area contributed by atoms with Crippen molar-refractivity contribution in [3.05, 3.63) is 60.2 Å². The summed E-state index contributed by atoms with van der Waals surface area (Å²) in [5.41, 5.74) is 3.68. The van der Waals surface area contributed by atoms with Crippen LogP contribution in [0.25, 0.3) is 11.3 Å². The van der Waals surface area contributed by atoms with E-state index in [0.717, 1.165) is 61.1 Å². The van der Waals surface area contributed by atoms with Crippen molar-refractivity contribution in [2.45, 2.75) is 25.9 Å². The van der Waals surface area contributed by atoms with Gasteiger partial charge >= 0.3 is 0 Å². The van der Waals surface area contributed by atoms with Gasteiger partial charge in [-0.2, -0.15) is 0 Å². The fourth-order valence-corrected chi connectivity index (χ4v) is 4.93. The third kappa shape index (κ3) is 3.17. The molecule has 1 fully saturated rings. The van der Waals surface area contributed by atoms with Crippen LogP contribution in [0.5, 0.6) is 11.6 Å². The second-order valence-electron chi connectivity index (χ2n) is 8.16. The lowest BCUT2D eigenvalue weighted by Crippen LogP contribution is -2.28. The standard InChI is InChI=1S/C23H26N4O2/c1-28-20-8-4-3-7-18(20)19-13-25-21-12-23(16-27(19)21)9-11-26(15-23)14-17-6-5-10-24-22(17)29-2/h3-8,10,13H,9,11-12,14-16H2,1-2H3. The molecule has 0 saturated carbocycles. The fraction of sp³-hybridized carbons (Fsp3) is 0.391. The number of hydrogen-bond acceptors (Lipinski definition) is 5. The van der Waals surface area contributed by atoms with Gasteiger partial charge < -0.3 is 14.0 Å². The first kappa shape index (κ1) is 18.2. The maximum absolute atomic E-state index is 5.58. The second kappa shape index (κ2) is 7.19. The number of nitrogens with zero attached hydrogens (tertiary/aromatic N) is 4. The van der Waals surface area contributed by atoms with Crippen LogP contribution < -0.4 is 9.47 Å². The molecule has 6 heteroatoms. The van der Waals surface area contributed by atoms with Gasteiger partial charge in [0.25, 0.3) is 0 Å². The van der Waals surface area contributed by atoms with Gasteiger partial charge in [-0.25, -0.2) is 9.97 Å². The SMILES string of the molecule is COc1ccccc1-c1cnc2n1CC1(CCN(Cc3cccnc3OC)C1)C2. The maximum Gasteiger partial charge on any atom is 0.217 e. The van der Waals surface area contributed by atoms with Crippen molar-refractivity contribution in [2.24, 2.45) is 5.41 Å². The Morgan fingerprint density at radius 3 is 2.79 bits per heavy atom. The molecule has 2 aromatic heterocycles. The number of hydrogen-bond donors (Lipinski definition) is 0. The highest BCUT2D eigenvalue weighted by molar-refractivity contribution is 5.67. The fourth-order valence-electron chi connectivity index (χ4n) is 4.93. The van der Waals surface area contributed by atoms with Gasteiger partial charge in [0, 0.05) is 48.8 Å². The molecule has 1 atom stereocenters. The zero-order valence-corrected chi connectivity index (χ0v) is 17.0. The van der Waals surface area contributed by atoms with Crippen LogP contribution in [0.4, 0.5) is 0 Å². The Labute approximate surface area is 171 Å². The highest BCUT2D eigenvalue weighted by Crippen LogP contribution is 2.44. The first-order valence-corrected chi connectivity index (χ1v) is 10.1. The van der Waals surface area contributed by atoms with Gasteiger partial charge in [0.1, 0.15) is 11.6 Å². The molecule has 1 spiro atoms. The summed E-state index contributed by atoms with van der Waals surface area (Å²) >= 11 is 0. The summed E-state index contributed by atoms with van der Waals surface area (Å²) in [5.74, 6) is 2.81. The predicted octanol–water partition coefficient (Wildman–Crippen LogP) is 3.41. The summed E-state index contributed by atoms with van der Waals surface area (Å²) in [4.78, 5) is 11.6. The summed E-state index contributed by atoms with van der Waals surface area (Å²) in [5, 5.41) is 0. The quantitative estimate of drug-likeness (QED) is 0.668. The number of para-hydroxylation sites is 1. The minimum atomic E-state index is 0.260. The number of imidazole rings is 1. The Hall–Kier alpha value is -2.86. The molecule has 0 aliphatic carbocycles. The van der Waals surface area contributed by atoms with Gasteiger partial charge in [-0.3, -0.25) is 4.90 Å². The summed E-state index contributed by atoms with van der Waals surface area (Å²) in [6.45, 7) is 4.05. The second-order valence-corrected chi connectivity index (χ2v) is 8.16. The first-order chi connectivity index (χ1) is 14.2. The first-order valence-electron chi connectivity index (χ1n) is 10.1. The number of pyridine rings is 1. The van der Waals surface area contributed by atoms with Crippen LogP contribution in [-0.2, 0) is 19.5 Å². The average molecular weight is 390 g/mol. The topological polar surface area (TPSA) is 52.4 Å². The zero-order valence-electron chi connectivity index (χ0n) is 17.0. The summed E-state index contributed by atoms with van der Waals surface area (Å²) in [7, 11) is 3.41. The molecule has 2 aliphatic rings. The molecule has 1 unspecified atom stereocenters. The number of fused-ring (bicyclic) bond motifs is 1. The van der Waals surface area contributed by atoms with E-state index in [1.807, 2.05) is 24.4 Å². The van der Waals surface area contributed by atoms with E-state index in [0.29, 0.717) is 0 Å². The van der Waals surface area contributed by atoms with Crippen molar-refractivity contribution in [1.29, 1.82) is 0 Å². The van der Waals surface area contributed by atoms with E-state index in [2.05, 4.69) is 32.7 Å². The largest absolute Gasteiger partial charge is 0.496 e. The van der Waals surface area contributed by atoms with E-state index in [1.54, 1.807) is 20.4 Å². The van der Waals surface area contributed by atoms with E-state index in [1.165, 1.54) is 12.2 Å². The van der Waals surface area contributed by atoms with Gasteiger partial charge in [0.05, 0.1) is 26.1 Å². The zero-order chi connectivity index (χ0) is 19.8. The van der Waals surface area contributed by atoms with E-state index < -0.39 is 0 Å². The van der Waals surface area contributed by atoms with Crippen molar-refractivity contribution < 1.29 is 9.47 Å². The predicted molar refractivity (Wildman–Crippen MR) is 111 cm³/mol. The molecule has 0 amide bonds. The Bertz CT molecular complexity index is 1030. The van der Waals surface area contributed by atoms with Gasteiger partial charge in [0.15, 0.2) is 0 Å². The Balaban J connectivity index is 1.35. The monoisotopic (exact) mass is 390 g/mol. The van der Waals surface area contributed by atoms with E-state index in [4.69, 9.17) is 14.5 Å². The van der Waals surface area contributed by atoms with Crippen molar-refractivity contribution in [2.75, 3.05) is 27.3 Å². The third-order valence-electron chi connectivity index (χ3n) is 6.30. The molecule has 4 heterocycles. The number of rotatable bonds is 5. The molecular weight excluding hydrogens is 364 g/mol. The molecule has 1 aromatic carbocycles. The molecule has 2 aliphatic heterocycles. The lowest BCUT2D eigenvalue weighted by molar-refractivity contribution is 0.244. The average Bonchev–Trinajstić information content (AvgIpc) is 3.43. The molecule has 0 radical (unpaired) electrons. The highest BCUT2D eigenvalue weighted by Gasteiger charge is 2.44. The van der Waals surface area contributed by atoms with E-state index in [9.17, 15) is 0 Å². The van der Waals surface area contributed by atoms with Crippen LogP contribution in [0.1, 0.15) is 17.8 Å². The molecule has 6 nitrogen and oxygen atoms in total. The molecule has 0 N–H and O–H groups in total. The van der Waals surface area contributed by atoms with Crippen LogP contribution in [0.2, 0.25) is 0 Å².